The largest absolute Gasteiger partial charge is 0.370 e. The summed E-state index contributed by atoms with van der Waals surface area (Å²) in [4.78, 5) is 5.25. The standard InChI is InChI=1S/C34H64N2/c1-5-9-11-13-15-17-19-21-23-27-31-36(32-28-24-22-20-18-16-14-12-10-6-2)34-30-26-25-29-33(34)35(7-3)8-4/h25-26,29-30H,5-24,27-28,31-32H2,1-4H3. The van der Waals surface area contributed by atoms with Gasteiger partial charge in [-0.2, -0.15) is 0 Å². The summed E-state index contributed by atoms with van der Waals surface area (Å²) >= 11 is 0. The summed E-state index contributed by atoms with van der Waals surface area (Å²) in [6.07, 6.45) is 28.2. The lowest BCUT2D eigenvalue weighted by Crippen LogP contribution is -2.30. The van der Waals surface area contributed by atoms with Gasteiger partial charge < -0.3 is 9.80 Å². The van der Waals surface area contributed by atoms with Crippen LogP contribution < -0.4 is 9.80 Å². The van der Waals surface area contributed by atoms with Gasteiger partial charge in [-0.3, -0.25) is 0 Å². The van der Waals surface area contributed by atoms with Crippen LogP contribution in [0.4, 0.5) is 11.4 Å². The Morgan fingerprint density at radius 3 is 1.03 bits per heavy atom. The second-order valence-electron chi connectivity index (χ2n) is 11.0. The third-order valence-corrected chi connectivity index (χ3v) is 7.89. The van der Waals surface area contributed by atoms with Crippen molar-refractivity contribution in [2.75, 3.05) is 36.0 Å². The third kappa shape index (κ3) is 15.8. The predicted octanol–water partition coefficient (Wildman–Crippen LogP) is 11.2. The minimum Gasteiger partial charge on any atom is -0.370 e. The van der Waals surface area contributed by atoms with Crippen molar-refractivity contribution in [1.29, 1.82) is 0 Å². The average Bonchev–Trinajstić information content (AvgIpc) is 2.90. The summed E-state index contributed by atoms with van der Waals surface area (Å²) in [6.45, 7) is 13.8. The summed E-state index contributed by atoms with van der Waals surface area (Å²) < 4.78 is 0. The Kier molecular flexibility index (Phi) is 22.1. The van der Waals surface area contributed by atoms with Gasteiger partial charge in [0, 0.05) is 26.2 Å². The number of anilines is 2. The zero-order chi connectivity index (χ0) is 26.1. The van der Waals surface area contributed by atoms with E-state index < -0.39 is 0 Å². The maximum absolute atomic E-state index is 2.73. The van der Waals surface area contributed by atoms with Gasteiger partial charge in [0.2, 0.25) is 0 Å². The number of unbranched alkanes of at least 4 members (excludes halogenated alkanes) is 18. The first-order valence-corrected chi connectivity index (χ1v) is 16.4. The van der Waals surface area contributed by atoms with Crippen molar-refractivity contribution < 1.29 is 0 Å². The molecule has 1 aromatic carbocycles. The lowest BCUT2D eigenvalue weighted by Gasteiger charge is -2.32. The van der Waals surface area contributed by atoms with Crippen molar-refractivity contribution in [3.8, 4) is 0 Å². The van der Waals surface area contributed by atoms with E-state index in [1.54, 1.807) is 0 Å². The summed E-state index contributed by atoms with van der Waals surface area (Å²) in [5.41, 5.74) is 2.90. The second kappa shape index (κ2) is 24.2. The fraction of sp³-hybridized carbons (Fsp3) is 0.824. The van der Waals surface area contributed by atoms with E-state index in [1.807, 2.05) is 0 Å². The van der Waals surface area contributed by atoms with Crippen LogP contribution in [0.3, 0.4) is 0 Å². The van der Waals surface area contributed by atoms with E-state index in [1.165, 1.54) is 153 Å². The molecule has 1 aromatic rings. The smallest absolute Gasteiger partial charge is 0.0604 e. The molecule has 210 valence electrons. The molecule has 0 saturated carbocycles. The van der Waals surface area contributed by atoms with Gasteiger partial charge >= 0.3 is 0 Å². The van der Waals surface area contributed by atoms with Gasteiger partial charge in [-0.1, -0.05) is 142 Å². The van der Waals surface area contributed by atoms with Crippen molar-refractivity contribution in [1.82, 2.24) is 0 Å². The van der Waals surface area contributed by atoms with E-state index in [9.17, 15) is 0 Å². The summed E-state index contributed by atoms with van der Waals surface area (Å²) in [6, 6.07) is 9.18. The predicted molar refractivity (Wildman–Crippen MR) is 166 cm³/mol. The number of nitrogens with zero attached hydrogens (tertiary/aromatic N) is 2. The van der Waals surface area contributed by atoms with Crippen LogP contribution in [0.25, 0.3) is 0 Å². The number of hydrogen-bond donors (Lipinski definition) is 0. The van der Waals surface area contributed by atoms with E-state index >= 15 is 0 Å². The van der Waals surface area contributed by atoms with Gasteiger partial charge in [-0.15, -0.1) is 0 Å². The Labute approximate surface area is 227 Å². The zero-order valence-corrected chi connectivity index (χ0v) is 25.2. The van der Waals surface area contributed by atoms with Crippen molar-refractivity contribution >= 4 is 11.4 Å². The van der Waals surface area contributed by atoms with Crippen LogP contribution in [0.15, 0.2) is 24.3 Å². The Morgan fingerprint density at radius 1 is 0.389 bits per heavy atom. The molecule has 0 heterocycles. The quantitative estimate of drug-likeness (QED) is 0.117. The first-order valence-electron chi connectivity index (χ1n) is 16.4. The molecule has 0 fully saturated rings. The Morgan fingerprint density at radius 2 is 0.694 bits per heavy atom. The van der Waals surface area contributed by atoms with Crippen LogP contribution in [-0.4, -0.2) is 26.2 Å². The molecule has 1 rings (SSSR count). The molecule has 0 saturated heterocycles. The van der Waals surface area contributed by atoms with Gasteiger partial charge in [-0.25, -0.2) is 0 Å². The molecule has 0 atom stereocenters. The summed E-state index contributed by atoms with van der Waals surface area (Å²) in [7, 11) is 0. The highest BCUT2D eigenvalue weighted by molar-refractivity contribution is 5.71. The molecule has 0 bridgehead atoms. The van der Waals surface area contributed by atoms with Gasteiger partial charge in [0.1, 0.15) is 0 Å². The molecule has 36 heavy (non-hydrogen) atoms. The zero-order valence-electron chi connectivity index (χ0n) is 25.2. The van der Waals surface area contributed by atoms with E-state index in [4.69, 9.17) is 0 Å². The van der Waals surface area contributed by atoms with Crippen LogP contribution in [0.2, 0.25) is 0 Å². The van der Waals surface area contributed by atoms with Crippen molar-refractivity contribution in [3.63, 3.8) is 0 Å². The highest BCUT2D eigenvalue weighted by Crippen LogP contribution is 2.30. The SMILES string of the molecule is CCCCCCCCCCCCN(CCCCCCCCCCCC)c1ccccc1N(CC)CC. The van der Waals surface area contributed by atoms with Crippen LogP contribution in [-0.2, 0) is 0 Å². The number of rotatable bonds is 26. The minimum atomic E-state index is 1.08. The van der Waals surface area contributed by atoms with Crippen LogP contribution in [0, 0.1) is 0 Å². The molecule has 0 amide bonds. The van der Waals surface area contributed by atoms with Gasteiger partial charge in [-0.05, 0) is 38.8 Å². The second-order valence-corrected chi connectivity index (χ2v) is 11.0. The van der Waals surface area contributed by atoms with Crippen LogP contribution in [0.5, 0.6) is 0 Å². The third-order valence-electron chi connectivity index (χ3n) is 7.89. The van der Waals surface area contributed by atoms with Gasteiger partial charge in [0.05, 0.1) is 11.4 Å². The molecular weight excluding hydrogens is 436 g/mol. The molecule has 2 nitrogen and oxygen atoms in total. The highest BCUT2D eigenvalue weighted by atomic mass is 15.2. The molecule has 0 spiro atoms. The molecule has 0 aliphatic carbocycles. The lowest BCUT2D eigenvalue weighted by molar-refractivity contribution is 0.543. The molecular formula is C34H64N2. The van der Waals surface area contributed by atoms with Crippen molar-refractivity contribution in [3.05, 3.63) is 24.3 Å². The fourth-order valence-electron chi connectivity index (χ4n) is 5.50. The monoisotopic (exact) mass is 501 g/mol. The molecule has 0 aromatic heterocycles. The summed E-state index contributed by atoms with van der Waals surface area (Å²) in [5, 5.41) is 0. The normalized spacial score (nSPS) is 11.2. The summed E-state index contributed by atoms with van der Waals surface area (Å²) in [5.74, 6) is 0. The first-order chi connectivity index (χ1) is 17.8. The average molecular weight is 501 g/mol. The number of para-hydroxylation sites is 2. The molecule has 0 radical (unpaired) electrons. The molecule has 2 heteroatoms. The van der Waals surface area contributed by atoms with Gasteiger partial charge in [0.25, 0.3) is 0 Å². The van der Waals surface area contributed by atoms with E-state index in [0.717, 1.165) is 13.1 Å². The fourth-order valence-corrected chi connectivity index (χ4v) is 5.50. The maximum atomic E-state index is 2.73. The van der Waals surface area contributed by atoms with E-state index in [2.05, 4.69) is 61.8 Å². The lowest BCUT2D eigenvalue weighted by atomic mass is 10.1. The van der Waals surface area contributed by atoms with Crippen LogP contribution in [0.1, 0.15) is 156 Å². The maximum Gasteiger partial charge on any atom is 0.0604 e. The van der Waals surface area contributed by atoms with Crippen LogP contribution >= 0.6 is 0 Å². The highest BCUT2D eigenvalue weighted by Gasteiger charge is 2.14. The Hall–Kier alpha value is -1.18. The van der Waals surface area contributed by atoms with E-state index in [0.29, 0.717) is 0 Å². The number of benzene rings is 1. The Bertz CT molecular complexity index is 556. The number of hydrogen-bond acceptors (Lipinski definition) is 2. The molecule has 0 aliphatic rings. The molecule has 0 unspecified atom stereocenters. The topological polar surface area (TPSA) is 6.48 Å². The van der Waals surface area contributed by atoms with Gasteiger partial charge in [0.15, 0.2) is 0 Å². The Balaban J connectivity index is 2.45. The minimum absolute atomic E-state index is 1.08. The first kappa shape index (κ1) is 32.8. The molecule has 0 N–H and O–H groups in total. The molecule has 0 aliphatic heterocycles. The van der Waals surface area contributed by atoms with Crippen molar-refractivity contribution in [2.24, 2.45) is 0 Å². The van der Waals surface area contributed by atoms with E-state index in [-0.39, 0.29) is 0 Å². The van der Waals surface area contributed by atoms with Crippen molar-refractivity contribution in [2.45, 2.75) is 156 Å².